The molecule has 0 heterocycles. The number of ketones is 1. The first-order valence-electron chi connectivity index (χ1n) is 14.1. The van der Waals surface area contributed by atoms with Gasteiger partial charge in [-0.25, -0.2) is 0 Å². The predicted octanol–water partition coefficient (Wildman–Crippen LogP) is 6.26. The molecule has 0 radical (unpaired) electrons. The Hall–Kier alpha value is -0.410. The average molecular weight is 459 g/mol. The standard InChI is InChI=1S/C30H50O3/c1-18(17-31)19-10-13-27(4)16-24(33)30(7)20(25(19)27)8-9-22-28(5)14-12-23(32)26(2,3)21(28)11-15-29(22,30)6/h18-22,24-25,31,33H,8-17H2,1-7H3/t18-,19-,20+,21-,22+,24-,25+,27+,28-,29+,30-/m0/s1. The van der Waals surface area contributed by atoms with Crippen molar-refractivity contribution in [3.05, 3.63) is 0 Å². The highest BCUT2D eigenvalue weighted by atomic mass is 16.3. The lowest BCUT2D eigenvalue weighted by molar-refractivity contribution is -0.268. The Morgan fingerprint density at radius 3 is 2.30 bits per heavy atom. The molecule has 0 aliphatic heterocycles. The quantitative estimate of drug-likeness (QED) is 0.514. The van der Waals surface area contributed by atoms with Crippen LogP contribution in [0.3, 0.4) is 0 Å². The summed E-state index contributed by atoms with van der Waals surface area (Å²) in [6, 6.07) is 0. The van der Waals surface area contributed by atoms with Gasteiger partial charge in [0.1, 0.15) is 5.78 Å². The molecule has 188 valence electrons. The van der Waals surface area contributed by atoms with Crippen LogP contribution >= 0.6 is 0 Å². The summed E-state index contributed by atoms with van der Waals surface area (Å²) in [7, 11) is 0. The second-order valence-corrected chi connectivity index (χ2v) is 14.9. The minimum absolute atomic E-state index is 0.0859. The van der Waals surface area contributed by atoms with E-state index in [-0.39, 0.29) is 39.8 Å². The van der Waals surface area contributed by atoms with Crippen LogP contribution in [-0.2, 0) is 4.79 Å². The molecule has 0 spiro atoms. The van der Waals surface area contributed by atoms with Crippen LogP contribution in [0.2, 0.25) is 0 Å². The molecule has 5 aliphatic rings. The topological polar surface area (TPSA) is 57.5 Å². The maximum absolute atomic E-state index is 12.9. The lowest BCUT2D eigenvalue weighted by Gasteiger charge is -2.73. The van der Waals surface area contributed by atoms with Crippen LogP contribution in [0.1, 0.15) is 106 Å². The maximum atomic E-state index is 12.9. The molecule has 5 fully saturated rings. The molecule has 2 N–H and O–H groups in total. The van der Waals surface area contributed by atoms with E-state index in [9.17, 15) is 15.0 Å². The number of carbonyl (C=O) groups is 1. The molecule has 0 aromatic heterocycles. The van der Waals surface area contributed by atoms with Crippen LogP contribution in [0.15, 0.2) is 0 Å². The van der Waals surface area contributed by atoms with E-state index >= 15 is 0 Å². The Labute approximate surface area is 202 Å². The molecule has 3 heteroatoms. The largest absolute Gasteiger partial charge is 0.396 e. The summed E-state index contributed by atoms with van der Waals surface area (Å²) in [5.74, 6) is 3.58. The Kier molecular flexibility index (Phi) is 5.38. The highest BCUT2D eigenvalue weighted by Crippen LogP contribution is 2.77. The first kappa shape index (κ1) is 24.3. The third-order valence-electron chi connectivity index (χ3n) is 13.7. The molecule has 0 unspecified atom stereocenters. The molecule has 11 atom stereocenters. The Bertz CT molecular complexity index is 819. The second kappa shape index (κ2) is 7.31. The zero-order valence-corrected chi connectivity index (χ0v) is 22.4. The lowest BCUT2D eigenvalue weighted by atomic mass is 9.32. The molecular formula is C30H50O3. The first-order chi connectivity index (χ1) is 15.3. The molecule has 0 aromatic rings. The number of Topliss-reactive ketones (excluding diaryl/α,β-unsaturated/α-hetero) is 1. The van der Waals surface area contributed by atoms with Crippen LogP contribution in [0.5, 0.6) is 0 Å². The molecule has 0 amide bonds. The SMILES string of the molecule is C[C@@H](CO)[C@@H]1CC[C@]2(C)C[C@H](O)[C@]3(C)[C@H](CC[C@@H]4[C@@]5(C)CCC(=O)C(C)(C)[C@@H]5CC[C@]43C)[C@@H]12. The molecule has 33 heavy (non-hydrogen) atoms. The summed E-state index contributed by atoms with van der Waals surface area (Å²) in [5.41, 5.74) is 0.196. The smallest absolute Gasteiger partial charge is 0.138 e. The van der Waals surface area contributed by atoms with Gasteiger partial charge in [-0.3, -0.25) is 4.79 Å². The summed E-state index contributed by atoms with van der Waals surface area (Å²) >= 11 is 0. The minimum atomic E-state index is -0.252. The number of aliphatic hydroxyl groups is 2. The van der Waals surface area contributed by atoms with Gasteiger partial charge < -0.3 is 10.2 Å². The molecule has 5 aliphatic carbocycles. The van der Waals surface area contributed by atoms with E-state index in [1.165, 1.54) is 25.7 Å². The Morgan fingerprint density at radius 2 is 1.64 bits per heavy atom. The van der Waals surface area contributed by atoms with Crippen molar-refractivity contribution in [3.63, 3.8) is 0 Å². The average Bonchev–Trinajstić information content (AvgIpc) is 3.08. The molecule has 5 saturated carbocycles. The van der Waals surface area contributed by atoms with Gasteiger partial charge in [0.25, 0.3) is 0 Å². The van der Waals surface area contributed by atoms with Crippen LogP contribution in [0, 0.1) is 62.6 Å². The fourth-order valence-electron chi connectivity index (χ4n) is 11.7. The molecule has 0 aromatic carbocycles. The van der Waals surface area contributed by atoms with E-state index < -0.39 is 0 Å². The molecule has 0 bridgehead atoms. The van der Waals surface area contributed by atoms with Gasteiger partial charge in [0, 0.05) is 23.9 Å². The van der Waals surface area contributed by atoms with Gasteiger partial charge >= 0.3 is 0 Å². The Balaban J connectivity index is 1.57. The van der Waals surface area contributed by atoms with E-state index in [0.29, 0.717) is 41.3 Å². The maximum Gasteiger partial charge on any atom is 0.138 e. The highest BCUT2D eigenvalue weighted by Gasteiger charge is 2.72. The van der Waals surface area contributed by atoms with Gasteiger partial charge in [-0.05, 0) is 103 Å². The number of fused-ring (bicyclic) bond motifs is 7. The summed E-state index contributed by atoms with van der Waals surface area (Å²) in [4.78, 5) is 12.9. The summed E-state index contributed by atoms with van der Waals surface area (Å²) in [5, 5.41) is 22.1. The van der Waals surface area contributed by atoms with Gasteiger partial charge in [0.05, 0.1) is 6.10 Å². The number of aliphatic hydroxyl groups excluding tert-OH is 2. The van der Waals surface area contributed by atoms with Gasteiger partial charge in [-0.1, -0.05) is 48.5 Å². The van der Waals surface area contributed by atoms with E-state index in [0.717, 1.165) is 32.1 Å². The third kappa shape index (κ3) is 2.85. The predicted molar refractivity (Wildman–Crippen MR) is 132 cm³/mol. The van der Waals surface area contributed by atoms with E-state index in [1.807, 2.05) is 0 Å². The molecule has 5 rings (SSSR count). The molecule has 0 saturated heterocycles. The summed E-state index contributed by atoms with van der Waals surface area (Å²) < 4.78 is 0. The van der Waals surface area contributed by atoms with Crippen molar-refractivity contribution < 1.29 is 15.0 Å². The van der Waals surface area contributed by atoms with Crippen molar-refractivity contribution in [3.8, 4) is 0 Å². The van der Waals surface area contributed by atoms with E-state index in [4.69, 9.17) is 0 Å². The Morgan fingerprint density at radius 1 is 0.939 bits per heavy atom. The van der Waals surface area contributed by atoms with Crippen molar-refractivity contribution in [2.45, 2.75) is 112 Å². The van der Waals surface area contributed by atoms with Crippen LogP contribution in [0.4, 0.5) is 0 Å². The van der Waals surface area contributed by atoms with E-state index in [2.05, 4.69) is 48.5 Å². The minimum Gasteiger partial charge on any atom is -0.396 e. The van der Waals surface area contributed by atoms with Gasteiger partial charge in [-0.15, -0.1) is 0 Å². The van der Waals surface area contributed by atoms with Crippen LogP contribution in [0.25, 0.3) is 0 Å². The van der Waals surface area contributed by atoms with Crippen LogP contribution < -0.4 is 0 Å². The third-order valence-corrected chi connectivity index (χ3v) is 13.7. The monoisotopic (exact) mass is 458 g/mol. The van der Waals surface area contributed by atoms with Crippen LogP contribution in [-0.4, -0.2) is 28.7 Å². The zero-order chi connectivity index (χ0) is 24.2. The molecular weight excluding hydrogens is 408 g/mol. The summed E-state index contributed by atoms with van der Waals surface area (Å²) in [6.07, 6.45) is 9.55. The number of hydrogen-bond donors (Lipinski definition) is 2. The normalized spacial score (nSPS) is 56.3. The van der Waals surface area contributed by atoms with Crippen molar-refractivity contribution in [1.29, 1.82) is 0 Å². The fourth-order valence-corrected chi connectivity index (χ4v) is 11.7. The highest BCUT2D eigenvalue weighted by molar-refractivity contribution is 5.85. The van der Waals surface area contributed by atoms with Gasteiger partial charge in [0.15, 0.2) is 0 Å². The fraction of sp³-hybridized carbons (Fsp3) is 0.967. The number of hydrogen-bond acceptors (Lipinski definition) is 3. The number of rotatable bonds is 2. The second-order valence-electron chi connectivity index (χ2n) is 14.9. The van der Waals surface area contributed by atoms with Crippen molar-refractivity contribution >= 4 is 5.78 Å². The molecule has 3 nitrogen and oxygen atoms in total. The number of carbonyl (C=O) groups excluding carboxylic acids is 1. The van der Waals surface area contributed by atoms with E-state index in [1.54, 1.807) is 0 Å². The van der Waals surface area contributed by atoms with Crippen molar-refractivity contribution in [2.24, 2.45) is 62.6 Å². The van der Waals surface area contributed by atoms with Crippen molar-refractivity contribution in [2.75, 3.05) is 6.61 Å². The van der Waals surface area contributed by atoms with Gasteiger partial charge in [-0.2, -0.15) is 0 Å². The first-order valence-corrected chi connectivity index (χ1v) is 14.1. The van der Waals surface area contributed by atoms with Crippen molar-refractivity contribution in [1.82, 2.24) is 0 Å². The zero-order valence-electron chi connectivity index (χ0n) is 22.4. The van der Waals surface area contributed by atoms with Gasteiger partial charge in [0.2, 0.25) is 0 Å². The summed E-state index contributed by atoms with van der Waals surface area (Å²) in [6.45, 7) is 16.9. The lowest BCUT2D eigenvalue weighted by Crippen LogP contribution is -2.69.